The first-order valence-electron chi connectivity index (χ1n) is 11.8. The van der Waals surface area contributed by atoms with E-state index in [0.29, 0.717) is 11.6 Å². The van der Waals surface area contributed by atoms with E-state index in [1.807, 2.05) is 48.5 Å². The van der Waals surface area contributed by atoms with Gasteiger partial charge in [0.2, 0.25) is 5.95 Å². The van der Waals surface area contributed by atoms with E-state index >= 15 is 0 Å². The molecule has 7 nitrogen and oxygen atoms in total. The third kappa shape index (κ3) is 5.50. The van der Waals surface area contributed by atoms with Gasteiger partial charge in [-0.3, -0.25) is 4.79 Å². The Morgan fingerprint density at radius 1 is 1.03 bits per heavy atom. The molecule has 1 saturated heterocycles. The van der Waals surface area contributed by atoms with Gasteiger partial charge in [0.25, 0.3) is 5.91 Å². The summed E-state index contributed by atoms with van der Waals surface area (Å²) in [5.41, 5.74) is 5.18. The van der Waals surface area contributed by atoms with Crippen molar-refractivity contribution in [2.75, 3.05) is 41.8 Å². The zero-order chi connectivity index (χ0) is 24.9. The van der Waals surface area contributed by atoms with Crippen LogP contribution >= 0.6 is 0 Å². The SMILES string of the molecule is CC(F)=CC(=O)Nc1cccc(-c2cccc3cnc(Nc4ccc(N5CCOCC5)cc4)nc23)c1. The molecule has 8 heteroatoms. The number of nitrogens with one attached hydrogen (secondary N) is 2. The van der Waals surface area contributed by atoms with E-state index in [1.54, 1.807) is 12.3 Å². The van der Waals surface area contributed by atoms with Crippen LogP contribution in [-0.2, 0) is 9.53 Å². The second-order valence-corrected chi connectivity index (χ2v) is 8.51. The van der Waals surface area contributed by atoms with E-state index in [1.165, 1.54) is 6.92 Å². The molecule has 2 heterocycles. The quantitative estimate of drug-likeness (QED) is 0.343. The summed E-state index contributed by atoms with van der Waals surface area (Å²) >= 11 is 0. The molecule has 0 atom stereocenters. The zero-order valence-electron chi connectivity index (χ0n) is 19.9. The van der Waals surface area contributed by atoms with Crippen molar-refractivity contribution in [2.45, 2.75) is 6.92 Å². The van der Waals surface area contributed by atoms with Crippen molar-refractivity contribution in [1.29, 1.82) is 0 Å². The number of carbonyl (C=O) groups excluding carboxylic acids is 1. The minimum absolute atomic E-state index is 0.488. The van der Waals surface area contributed by atoms with Gasteiger partial charge in [-0.15, -0.1) is 0 Å². The van der Waals surface area contributed by atoms with Crippen molar-refractivity contribution < 1.29 is 13.9 Å². The molecule has 1 aliphatic heterocycles. The molecule has 0 unspecified atom stereocenters. The molecule has 1 fully saturated rings. The first-order chi connectivity index (χ1) is 17.5. The van der Waals surface area contributed by atoms with Crippen LogP contribution in [0, 0.1) is 0 Å². The molecule has 0 bridgehead atoms. The van der Waals surface area contributed by atoms with E-state index in [4.69, 9.17) is 9.72 Å². The molecule has 1 amide bonds. The Bertz CT molecular complexity index is 1410. The van der Waals surface area contributed by atoms with Crippen molar-refractivity contribution in [3.63, 3.8) is 0 Å². The van der Waals surface area contributed by atoms with Crippen LogP contribution < -0.4 is 15.5 Å². The van der Waals surface area contributed by atoms with Gasteiger partial charge in [0.05, 0.1) is 18.7 Å². The topological polar surface area (TPSA) is 79.4 Å². The monoisotopic (exact) mass is 483 g/mol. The van der Waals surface area contributed by atoms with E-state index in [-0.39, 0.29) is 0 Å². The average Bonchev–Trinajstić information content (AvgIpc) is 2.89. The summed E-state index contributed by atoms with van der Waals surface area (Å²) < 4.78 is 18.5. The Balaban J connectivity index is 1.39. The summed E-state index contributed by atoms with van der Waals surface area (Å²) in [4.78, 5) is 23.5. The molecule has 1 aliphatic rings. The fraction of sp³-hybridized carbons (Fsp3) is 0.179. The van der Waals surface area contributed by atoms with E-state index < -0.39 is 11.7 Å². The molecule has 5 rings (SSSR count). The van der Waals surface area contributed by atoms with Gasteiger partial charge < -0.3 is 20.3 Å². The number of nitrogens with zero attached hydrogens (tertiary/aromatic N) is 3. The lowest BCUT2D eigenvalue weighted by Gasteiger charge is -2.28. The lowest BCUT2D eigenvalue weighted by atomic mass is 10.0. The molecule has 0 radical (unpaired) electrons. The van der Waals surface area contributed by atoms with Gasteiger partial charge in [-0.05, 0) is 48.9 Å². The van der Waals surface area contributed by atoms with Crippen molar-refractivity contribution in [1.82, 2.24) is 9.97 Å². The summed E-state index contributed by atoms with van der Waals surface area (Å²) in [7, 11) is 0. The summed E-state index contributed by atoms with van der Waals surface area (Å²) in [6, 6.07) is 21.5. The lowest BCUT2D eigenvalue weighted by molar-refractivity contribution is -0.112. The fourth-order valence-corrected chi connectivity index (χ4v) is 4.18. The number of rotatable bonds is 6. The van der Waals surface area contributed by atoms with Crippen LogP contribution in [0.2, 0.25) is 0 Å². The Morgan fingerprint density at radius 3 is 2.58 bits per heavy atom. The number of halogens is 1. The predicted molar refractivity (Wildman–Crippen MR) is 141 cm³/mol. The van der Waals surface area contributed by atoms with Gasteiger partial charge in [-0.25, -0.2) is 14.4 Å². The van der Waals surface area contributed by atoms with Crippen molar-refractivity contribution in [3.05, 3.63) is 84.8 Å². The number of carbonyl (C=O) groups is 1. The number of allylic oxidation sites excluding steroid dienone is 1. The molecule has 0 aliphatic carbocycles. The smallest absolute Gasteiger partial charge is 0.250 e. The highest BCUT2D eigenvalue weighted by atomic mass is 19.1. The summed E-state index contributed by atoms with van der Waals surface area (Å²) in [5.74, 6) is -0.578. The molecular weight excluding hydrogens is 457 g/mol. The number of morpholine rings is 1. The Hall–Kier alpha value is -4.30. The maximum absolute atomic E-state index is 13.0. The molecule has 3 aromatic carbocycles. The second-order valence-electron chi connectivity index (χ2n) is 8.51. The van der Waals surface area contributed by atoms with E-state index in [0.717, 1.165) is 65.8 Å². The highest BCUT2D eigenvalue weighted by Crippen LogP contribution is 2.30. The first kappa shape index (κ1) is 23.4. The van der Waals surface area contributed by atoms with Crippen LogP contribution in [0.15, 0.2) is 84.8 Å². The fourth-order valence-electron chi connectivity index (χ4n) is 4.18. The van der Waals surface area contributed by atoms with Crippen LogP contribution in [0.1, 0.15) is 6.92 Å². The Labute approximate surface area is 208 Å². The van der Waals surface area contributed by atoms with Gasteiger partial charge in [0.15, 0.2) is 0 Å². The number of benzene rings is 3. The highest BCUT2D eigenvalue weighted by Gasteiger charge is 2.12. The minimum atomic E-state index is -0.551. The number of ether oxygens (including phenoxy) is 1. The zero-order valence-corrected chi connectivity index (χ0v) is 19.9. The van der Waals surface area contributed by atoms with Gasteiger partial charge in [0, 0.05) is 53.4 Å². The number of hydrogen-bond donors (Lipinski definition) is 2. The average molecular weight is 484 g/mol. The largest absolute Gasteiger partial charge is 0.378 e. The highest BCUT2D eigenvalue weighted by molar-refractivity contribution is 6.00. The number of anilines is 4. The van der Waals surface area contributed by atoms with Gasteiger partial charge in [0.1, 0.15) is 5.83 Å². The predicted octanol–water partition coefficient (Wildman–Crippen LogP) is 5.69. The summed E-state index contributed by atoms with van der Waals surface area (Å²) in [6.45, 7) is 4.50. The van der Waals surface area contributed by atoms with Crippen LogP contribution in [0.3, 0.4) is 0 Å². The molecule has 2 N–H and O–H groups in total. The Kier molecular flexibility index (Phi) is 6.86. The van der Waals surface area contributed by atoms with Crippen LogP contribution in [0.25, 0.3) is 22.0 Å². The van der Waals surface area contributed by atoms with Crippen molar-refractivity contribution in [3.8, 4) is 11.1 Å². The second kappa shape index (κ2) is 10.5. The molecule has 0 saturated carbocycles. The summed E-state index contributed by atoms with van der Waals surface area (Å²) in [5, 5.41) is 6.88. The van der Waals surface area contributed by atoms with Crippen LogP contribution in [0.5, 0.6) is 0 Å². The van der Waals surface area contributed by atoms with Crippen LogP contribution in [-0.4, -0.2) is 42.2 Å². The Morgan fingerprint density at radius 2 is 1.81 bits per heavy atom. The number of aromatic nitrogens is 2. The van der Waals surface area contributed by atoms with E-state index in [9.17, 15) is 9.18 Å². The molecule has 4 aromatic rings. The first-order valence-corrected chi connectivity index (χ1v) is 11.8. The summed E-state index contributed by atoms with van der Waals surface area (Å²) in [6.07, 6.45) is 2.71. The van der Waals surface area contributed by atoms with Gasteiger partial charge >= 0.3 is 0 Å². The minimum Gasteiger partial charge on any atom is -0.378 e. The number of hydrogen-bond acceptors (Lipinski definition) is 6. The molecular formula is C28H26FN5O2. The molecule has 182 valence electrons. The van der Waals surface area contributed by atoms with Crippen molar-refractivity contribution in [2.24, 2.45) is 0 Å². The third-order valence-corrected chi connectivity index (χ3v) is 5.88. The molecule has 36 heavy (non-hydrogen) atoms. The molecule has 1 aromatic heterocycles. The number of para-hydroxylation sites is 1. The normalized spacial score (nSPS) is 14.1. The molecule has 0 spiro atoms. The van der Waals surface area contributed by atoms with Gasteiger partial charge in [-0.1, -0.05) is 30.3 Å². The maximum atomic E-state index is 13.0. The number of amides is 1. The van der Waals surface area contributed by atoms with Crippen LogP contribution in [0.4, 0.5) is 27.4 Å². The number of fused-ring (bicyclic) bond motifs is 1. The van der Waals surface area contributed by atoms with Crippen molar-refractivity contribution >= 4 is 39.8 Å². The maximum Gasteiger partial charge on any atom is 0.250 e. The van der Waals surface area contributed by atoms with E-state index in [2.05, 4.69) is 32.7 Å². The van der Waals surface area contributed by atoms with Gasteiger partial charge in [-0.2, -0.15) is 0 Å². The third-order valence-electron chi connectivity index (χ3n) is 5.88. The lowest BCUT2D eigenvalue weighted by Crippen LogP contribution is -2.36. The standard InChI is InChI=1S/C28H26FN5O2/c1-19(29)16-26(35)31-23-6-2-4-20(17-23)25-7-3-5-21-18-30-28(33-27(21)25)32-22-8-10-24(11-9-22)34-12-14-36-15-13-34/h2-11,16-18H,12-15H2,1H3,(H,31,35)(H,30,32,33).